The van der Waals surface area contributed by atoms with Crippen LogP contribution in [0.5, 0.6) is 0 Å². The first-order chi connectivity index (χ1) is 5.33. The van der Waals surface area contributed by atoms with Gasteiger partial charge in [-0.25, -0.2) is 0 Å². The van der Waals surface area contributed by atoms with Crippen LogP contribution in [-0.2, 0) is 0 Å². The molecule has 1 fully saturated rings. The minimum atomic E-state index is -0.0818. The lowest BCUT2D eigenvalue weighted by molar-refractivity contribution is 0.192. The fraction of sp³-hybridized carbons (Fsp3) is 1.00. The summed E-state index contributed by atoms with van der Waals surface area (Å²) in [6.07, 6.45) is 6.04. The van der Waals surface area contributed by atoms with Crippen LogP contribution in [0.25, 0.3) is 0 Å². The van der Waals surface area contributed by atoms with Gasteiger partial charge in [-0.3, -0.25) is 0 Å². The van der Waals surface area contributed by atoms with Crippen molar-refractivity contribution in [3.05, 3.63) is 0 Å². The summed E-state index contributed by atoms with van der Waals surface area (Å²) < 4.78 is 0. The molecule has 0 amide bonds. The summed E-state index contributed by atoms with van der Waals surface area (Å²) in [6.45, 7) is 3.02. The van der Waals surface area contributed by atoms with Gasteiger partial charge < -0.3 is 10.4 Å². The highest BCUT2D eigenvalue weighted by atomic mass is 16.3. The van der Waals surface area contributed by atoms with Crippen molar-refractivity contribution < 1.29 is 5.11 Å². The molecule has 0 saturated carbocycles. The Morgan fingerprint density at radius 3 is 2.82 bits per heavy atom. The fourth-order valence-electron chi connectivity index (χ4n) is 1.66. The van der Waals surface area contributed by atoms with E-state index in [0.717, 1.165) is 13.0 Å². The highest BCUT2D eigenvalue weighted by Crippen LogP contribution is 2.13. The predicted molar refractivity (Wildman–Crippen MR) is 46.6 cm³/mol. The third kappa shape index (κ3) is 3.21. The van der Waals surface area contributed by atoms with Gasteiger partial charge in [0.2, 0.25) is 0 Å². The average molecular weight is 157 g/mol. The van der Waals surface area contributed by atoms with E-state index in [1.807, 2.05) is 0 Å². The Morgan fingerprint density at radius 1 is 1.45 bits per heavy atom. The van der Waals surface area contributed by atoms with Crippen molar-refractivity contribution in [3.8, 4) is 0 Å². The molecule has 0 aromatic heterocycles. The lowest BCUT2D eigenvalue weighted by atomic mass is 10.1. The molecule has 11 heavy (non-hydrogen) atoms. The molecular weight excluding hydrogens is 138 g/mol. The van der Waals surface area contributed by atoms with Crippen LogP contribution < -0.4 is 5.32 Å². The van der Waals surface area contributed by atoms with Gasteiger partial charge in [0.05, 0.1) is 6.10 Å². The van der Waals surface area contributed by atoms with Crippen LogP contribution >= 0.6 is 0 Å². The van der Waals surface area contributed by atoms with Crippen molar-refractivity contribution in [2.24, 2.45) is 0 Å². The minimum absolute atomic E-state index is 0.0818. The zero-order valence-electron chi connectivity index (χ0n) is 7.34. The van der Waals surface area contributed by atoms with E-state index in [1.165, 1.54) is 25.7 Å². The van der Waals surface area contributed by atoms with Crippen LogP contribution in [0, 0.1) is 0 Å². The average Bonchev–Trinajstić information content (AvgIpc) is 2.37. The van der Waals surface area contributed by atoms with Crippen LogP contribution in [-0.4, -0.2) is 23.8 Å². The number of aliphatic hydroxyl groups is 1. The van der Waals surface area contributed by atoms with Crippen molar-refractivity contribution in [1.29, 1.82) is 0 Å². The summed E-state index contributed by atoms with van der Waals surface area (Å²) in [4.78, 5) is 0. The molecule has 0 radical (unpaired) electrons. The van der Waals surface area contributed by atoms with Crippen molar-refractivity contribution in [1.82, 2.24) is 5.32 Å². The molecule has 2 heteroatoms. The van der Waals surface area contributed by atoms with E-state index in [1.54, 1.807) is 0 Å². The zero-order valence-corrected chi connectivity index (χ0v) is 7.34. The Hall–Kier alpha value is -0.0800. The standard InChI is InChI=1S/C9H19NO/c1-2-3-4-5-8-6-9(11)7-10-8/h8-11H,2-7H2,1H3. The number of rotatable bonds is 4. The summed E-state index contributed by atoms with van der Waals surface area (Å²) in [5.74, 6) is 0. The van der Waals surface area contributed by atoms with Gasteiger partial charge in [-0.05, 0) is 12.8 Å². The lowest BCUT2D eigenvalue weighted by Gasteiger charge is -2.07. The Kier molecular flexibility index (Phi) is 3.87. The first-order valence-corrected chi connectivity index (χ1v) is 4.74. The maximum Gasteiger partial charge on any atom is 0.0679 e. The predicted octanol–water partition coefficient (Wildman–Crippen LogP) is 1.29. The third-order valence-electron chi connectivity index (χ3n) is 2.35. The van der Waals surface area contributed by atoms with Crippen LogP contribution in [0.1, 0.15) is 39.0 Å². The monoisotopic (exact) mass is 157 g/mol. The van der Waals surface area contributed by atoms with E-state index in [-0.39, 0.29) is 6.10 Å². The van der Waals surface area contributed by atoms with Gasteiger partial charge in [-0.1, -0.05) is 26.2 Å². The molecule has 2 nitrogen and oxygen atoms in total. The van der Waals surface area contributed by atoms with E-state index >= 15 is 0 Å². The largest absolute Gasteiger partial charge is 0.392 e. The molecule has 1 saturated heterocycles. The lowest BCUT2D eigenvalue weighted by Crippen LogP contribution is -2.21. The Balaban J connectivity index is 1.99. The zero-order chi connectivity index (χ0) is 8.10. The van der Waals surface area contributed by atoms with Gasteiger partial charge in [-0.15, -0.1) is 0 Å². The van der Waals surface area contributed by atoms with Crippen LogP contribution in [0.15, 0.2) is 0 Å². The quantitative estimate of drug-likeness (QED) is 0.603. The van der Waals surface area contributed by atoms with E-state index in [4.69, 9.17) is 0 Å². The van der Waals surface area contributed by atoms with Crippen molar-refractivity contribution in [2.45, 2.75) is 51.2 Å². The molecule has 1 rings (SSSR count). The number of hydrogen-bond acceptors (Lipinski definition) is 2. The van der Waals surface area contributed by atoms with Crippen molar-refractivity contribution in [2.75, 3.05) is 6.54 Å². The molecule has 0 spiro atoms. The van der Waals surface area contributed by atoms with Crippen LogP contribution in [0.2, 0.25) is 0 Å². The Bertz CT molecular complexity index is 106. The number of β-amino-alcohol motifs (C(OH)–C–C–N with tert-alkyl or cyclic N) is 1. The number of nitrogens with one attached hydrogen (secondary N) is 1. The smallest absolute Gasteiger partial charge is 0.0679 e. The van der Waals surface area contributed by atoms with E-state index in [0.29, 0.717) is 6.04 Å². The summed E-state index contributed by atoms with van der Waals surface area (Å²) in [5, 5.41) is 12.5. The Morgan fingerprint density at radius 2 is 2.27 bits per heavy atom. The molecule has 1 aliphatic heterocycles. The molecule has 1 aliphatic rings. The van der Waals surface area contributed by atoms with E-state index < -0.39 is 0 Å². The van der Waals surface area contributed by atoms with Gasteiger partial charge in [0.15, 0.2) is 0 Å². The second-order valence-electron chi connectivity index (χ2n) is 3.49. The van der Waals surface area contributed by atoms with Crippen molar-refractivity contribution >= 4 is 0 Å². The van der Waals surface area contributed by atoms with Gasteiger partial charge in [0.1, 0.15) is 0 Å². The molecule has 0 aliphatic carbocycles. The van der Waals surface area contributed by atoms with Gasteiger partial charge in [-0.2, -0.15) is 0 Å². The fourth-order valence-corrected chi connectivity index (χ4v) is 1.66. The van der Waals surface area contributed by atoms with Crippen LogP contribution in [0.4, 0.5) is 0 Å². The highest BCUT2D eigenvalue weighted by Gasteiger charge is 2.20. The number of unbranched alkanes of at least 4 members (excludes halogenated alkanes) is 2. The van der Waals surface area contributed by atoms with Gasteiger partial charge in [0, 0.05) is 12.6 Å². The second kappa shape index (κ2) is 4.73. The molecular formula is C9H19NO. The van der Waals surface area contributed by atoms with E-state index in [2.05, 4.69) is 12.2 Å². The molecule has 2 N–H and O–H groups in total. The molecule has 1 heterocycles. The maximum atomic E-state index is 9.19. The maximum absolute atomic E-state index is 9.19. The summed E-state index contributed by atoms with van der Waals surface area (Å²) in [5.41, 5.74) is 0. The van der Waals surface area contributed by atoms with Crippen LogP contribution in [0.3, 0.4) is 0 Å². The molecule has 0 aromatic rings. The first-order valence-electron chi connectivity index (χ1n) is 4.74. The normalized spacial score (nSPS) is 31.1. The number of hydrogen-bond donors (Lipinski definition) is 2. The minimum Gasteiger partial charge on any atom is -0.392 e. The van der Waals surface area contributed by atoms with Gasteiger partial charge in [0.25, 0.3) is 0 Å². The SMILES string of the molecule is CCCCCC1CC(O)CN1. The summed E-state index contributed by atoms with van der Waals surface area (Å²) >= 11 is 0. The number of aliphatic hydroxyl groups excluding tert-OH is 1. The summed E-state index contributed by atoms with van der Waals surface area (Å²) in [6, 6.07) is 0.594. The summed E-state index contributed by atoms with van der Waals surface area (Å²) in [7, 11) is 0. The van der Waals surface area contributed by atoms with Gasteiger partial charge >= 0.3 is 0 Å². The molecule has 0 aromatic carbocycles. The highest BCUT2D eigenvalue weighted by molar-refractivity contribution is 4.80. The molecule has 0 bridgehead atoms. The van der Waals surface area contributed by atoms with E-state index in [9.17, 15) is 5.11 Å². The third-order valence-corrected chi connectivity index (χ3v) is 2.35. The molecule has 2 atom stereocenters. The molecule has 2 unspecified atom stereocenters. The van der Waals surface area contributed by atoms with Crippen molar-refractivity contribution in [3.63, 3.8) is 0 Å². The molecule has 66 valence electrons. The Labute approximate surface area is 69.0 Å². The second-order valence-corrected chi connectivity index (χ2v) is 3.49. The first kappa shape index (κ1) is 9.01. The topological polar surface area (TPSA) is 32.3 Å².